The van der Waals surface area contributed by atoms with Crippen LogP contribution in [-0.4, -0.2) is 32.8 Å². The van der Waals surface area contributed by atoms with E-state index in [0.717, 1.165) is 11.4 Å². The van der Waals surface area contributed by atoms with E-state index >= 15 is 0 Å². The van der Waals surface area contributed by atoms with E-state index < -0.39 is 0 Å². The summed E-state index contributed by atoms with van der Waals surface area (Å²) >= 11 is 1.88. The molecule has 3 unspecified atom stereocenters. The maximum Gasteiger partial charge on any atom is 0.115 e. The van der Waals surface area contributed by atoms with Crippen molar-refractivity contribution in [1.29, 1.82) is 0 Å². The third-order valence-electron chi connectivity index (χ3n) is 11.2. The number of hydrogen-bond donors (Lipinski definition) is 0. The Kier molecular flexibility index (Phi) is 6.57. The average Bonchev–Trinajstić information content (AvgIpc) is 3.44. The zero-order chi connectivity index (χ0) is 34.3. The van der Waals surface area contributed by atoms with Crippen LogP contribution in [0, 0.1) is 0 Å². The molecule has 4 heterocycles. The molecular weight excluding hydrogens is 653 g/mol. The molecule has 1 fully saturated rings. The number of aliphatic imine (C=N–C) groups is 1. The third kappa shape index (κ3) is 4.40. The Labute approximate surface area is 305 Å². The van der Waals surface area contributed by atoms with E-state index in [1.165, 1.54) is 74.9 Å². The third-order valence-corrected chi connectivity index (χ3v) is 12.4. The van der Waals surface area contributed by atoms with Crippen LogP contribution < -0.4 is 0 Å². The highest BCUT2D eigenvalue weighted by Crippen LogP contribution is 2.46. The lowest BCUT2D eigenvalue weighted by Gasteiger charge is -2.11. The first-order chi connectivity index (χ1) is 25.7. The molecule has 0 saturated carbocycles. The summed E-state index contributed by atoms with van der Waals surface area (Å²) in [6, 6.07) is 60.1. The number of likely N-dealkylation sites (N-methyl/N-ethyl adjacent to an activating group) is 1. The molecule has 0 radical (unpaired) electrons. The lowest BCUT2D eigenvalue weighted by Crippen LogP contribution is -2.15. The van der Waals surface area contributed by atoms with Crippen LogP contribution in [0.25, 0.3) is 69.5 Å². The molecule has 0 amide bonds. The van der Waals surface area contributed by atoms with Gasteiger partial charge in [0.1, 0.15) is 6.67 Å². The maximum atomic E-state index is 5.69. The molecule has 11 rings (SSSR count). The van der Waals surface area contributed by atoms with E-state index in [1.54, 1.807) is 0 Å². The van der Waals surface area contributed by atoms with Crippen LogP contribution in [0.2, 0.25) is 0 Å². The number of thiophene rings is 1. The van der Waals surface area contributed by atoms with Gasteiger partial charge in [-0.1, -0.05) is 121 Å². The normalized spacial score (nSPS) is 17.7. The fourth-order valence-corrected chi connectivity index (χ4v) is 9.93. The van der Waals surface area contributed by atoms with Gasteiger partial charge in [0.15, 0.2) is 0 Å². The molecule has 52 heavy (non-hydrogen) atoms. The van der Waals surface area contributed by atoms with Crippen molar-refractivity contribution in [2.75, 3.05) is 7.05 Å². The molecular formula is C47H34N4S. The minimum absolute atomic E-state index is 0.179. The van der Waals surface area contributed by atoms with Gasteiger partial charge < -0.3 is 9.13 Å². The molecule has 3 aromatic heterocycles. The Hall–Kier alpha value is -6.01. The summed E-state index contributed by atoms with van der Waals surface area (Å²) in [6.07, 6.45) is 0. The summed E-state index contributed by atoms with van der Waals surface area (Å²) < 4.78 is 7.47. The van der Waals surface area contributed by atoms with Crippen LogP contribution in [0.5, 0.6) is 0 Å². The first-order valence-corrected chi connectivity index (χ1v) is 18.8. The van der Waals surface area contributed by atoms with E-state index in [4.69, 9.17) is 4.99 Å². The summed E-state index contributed by atoms with van der Waals surface area (Å²) in [7, 11) is 2.24. The van der Waals surface area contributed by atoms with E-state index in [9.17, 15) is 0 Å². The Bertz CT molecular complexity index is 3020. The zero-order valence-electron chi connectivity index (χ0n) is 28.6. The van der Waals surface area contributed by atoms with Gasteiger partial charge in [-0.3, -0.25) is 9.89 Å². The van der Waals surface area contributed by atoms with Crippen LogP contribution in [0.1, 0.15) is 17.2 Å². The number of fused-ring (bicyclic) bond motifs is 9. The van der Waals surface area contributed by atoms with Gasteiger partial charge in [0.05, 0.1) is 39.9 Å². The van der Waals surface area contributed by atoms with Gasteiger partial charge in [-0.2, -0.15) is 0 Å². The highest BCUT2D eigenvalue weighted by molar-refractivity contribution is 7.26. The van der Waals surface area contributed by atoms with Crippen molar-refractivity contribution in [1.82, 2.24) is 14.0 Å². The first-order valence-electron chi connectivity index (χ1n) is 18.0. The average molecular weight is 687 g/mol. The molecule has 7 aromatic carbocycles. The van der Waals surface area contributed by atoms with Crippen LogP contribution in [0.4, 0.5) is 0 Å². The van der Waals surface area contributed by atoms with Crippen molar-refractivity contribution in [3.63, 3.8) is 0 Å². The van der Waals surface area contributed by atoms with E-state index in [1.807, 2.05) is 11.3 Å². The molecule has 4 nitrogen and oxygen atoms in total. The topological polar surface area (TPSA) is 25.2 Å². The fourth-order valence-electron chi connectivity index (χ4n) is 8.70. The number of para-hydroxylation sites is 3. The quantitative estimate of drug-likeness (QED) is 0.126. The molecule has 1 aliphatic heterocycles. The van der Waals surface area contributed by atoms with Crippen LogP contribution >= 0.6 is 11.3 Å². The SMILES string of the molecule is CN1C(/C(=N\Cn2c3ccccc3c3cc4c5ccccc5n(-c5ccccc5)c4cc32)c2cccc3c2sc2ccccc23)C1c1ccccc1. The van der Waals surface area contributed by atoms with E-state index in [0.29, 0.717) is 6.67 Å². The monoisotopic (exact) mass is 686 g/mol. The van der Waals surface area contributed by atoms with Gasteiger partial charge in [0.25, 0.3) is 0 Å². The molecule has 248 valence electrons. The summed E-state index contributed by atoms with van der Waals surface area (Å²) in [5, 5.41) is 7.66. The second-order valence-electron chi connectivity index (χ2n) is 14.0. The fraction of sp³-hybridized carbons (Fsp3) is 0.0851. The highest BCUT2D eigenvalue weighted by atomic mass is 32.1. The van der Waals surface area contributed by atoms with Crippen molar-refractivity contribution in [3.8, 4) is 5.69 Å². The predicted octanol–water partition coefficient (Wildman–Crippen LogP) is 11.8. The Morgan fingerprint density at radius 2 is 1.19 bits per heavy atom. The minimum atomic E-state index is 0.179. The molecule has 1 saturated heterocycles. The van der Waals surface area contributed by atoms with Crippen molar-refractivity contribution in [2.45, 2.75) is 18.8 Å². The maximum absolute atomic E-state index is 5.69. The van der Waals surface area contributed by atoms with Gasteiger partial charge in [-0.15, -0.1) is 11.3 Å². The molecule has 1 aliphatic rings. The van der Waals surface area contributed by atoms with Crippen LogP contribution in [0.15, 0.2) is 169 Å². The van der Waals surface area contributed by atoms with Crippen molar-refractivity contribution in [3.05, 3.63) is 175 Å². The number of rotatable bonds is 6. The lowest BCUT2D eigenvalue weighted by molar-refractivity contribution is 0.617. The highest BCUT2D eigenvalue weighted by Gasteiger charge is 2.49. The Morgan fingerprint density at radius 3 is 2.00 bits per heavy atom. The van der Waals surface area contributed by atoms with Crippen molar-refractivity contribution in [2.24, 2.45) is 4.99 Å². The summed E-state index contributed by atoms with van der Waals surface area (Å²) in [5.41, 5.74) is 9.70. The summed E-state index contributed by atoms with van der Waals surface area (Å²) in [4.78, 5) is 8.15. The number of nitrogens with zero attached hydrogens (tertiary/aromatic N) is 4. The second-order valence-corrected chi connectivity index (χ2v) is 15.0. The summed E-state index contributed by atoms with van der Waals surface area (Å²) in [6.45, 7) is 0.517. The first kappa shape index (κ1) is 29.7. The van der Waals surface area contributed by atoms with Crippen LogP contribution in [-0.2, 0) is 6.67 Å². The molecule has 0 N–H and O–H groups in total. The minimum Gasteiger partial charge on any atom is -0.320 e. The Balaban J connectivity index is 1.15. The van der Waals surface area contributed by atoms with Gasteiger partial charge in [-0.05, 0) is 55.1 Å². The number of hydrogen-bond acceptors (Lipinski definition) is 3. The van der Waals surface area contributed by atoms with E-state index in [-0.39, 0.29) is 12.1 Å². The van der Waals surface area contributed by atoms with E-state index in [2.05, 4.69) is 185 Å². The number of aromatic nitrogens is 2. The molecule has 5 heteroatoms. The van der Waals surface area contributed by atoms with Gasteiger partial charge in [-0.25, -0.2) is 0 Å². The summed E-state index contributed by atoms with van der Waals surface area (Å²) in [5.74, 6) is 0. The molecule has 0 aliphatic carbocycles. The van der Waals surface area contributed by atoms with Crippen molar-refractivity contribution < 1.29 is 0 Å². The molecule has 3 atom stereocenters. The second kappa shape index (κ2) is 11.5. The zero-order valence-corrected chi connectivity index (χ0v) is 29.5. The van der Waals surface area contributed by atoms with Gasteiger partial charge in [0, 0.05) is 53.0 Å². The molecule has 0 bridgehead atoms. The Morgan fingerprint density at radius 1 is 0.558 bits per heavy atom. The van der Waals surface area contributed by atoms with Crippen LogP contribution in [0.3, 0.4) is 0 Å². The predicted molar refractivity (Wildman–Crippen MR) is 220 cm³/mol. The standard InChI is InChI=1S/C47H34N4S/c1-49-45(30-15-4-2-5-16-30)46(49)44(36-23-14-22-35-34-21-10-13-26-43(34)52-47(35)36)48-29-50-39-24-11-8-19-32(39)37-27-38-33-20-9-12-25-40(33)51(42(38)28-41(37)50)31-17-6-3-7-18-31/h2-28,45-46H,29H2,1H3/b48-44-. The number of benzene rings is 7. The van der Waals surface area contributed by atoms with Gasteiger partial charge >= 0.3 is 0 Å². The van der Waals surface area contributed by atoms with Gasteiger partial charge in [0.2, 0.25) is 0 Å². The molecule has 10 aromatic rings. The smallest absolute Gasteiger partial charge is 0.115 e. The lowest BCUT2D eigenvalue weighted by atomic mass is 10.00. The largest absolute Gasteiger partial charge is 0.320 e. The van der Waals surface area contributed by atoms with Crippen molar-refractivity contribution >= 4 is 80.8 Å². The molecule has 0 spiro atoms.